The van der Waals surface area contributed by atoms with Crippen LogP contribution in [0.25, 0.3) is 22.0 Å². The number of anilines is 1. The van der Waals surface area contributed by atoms with Crippen molar-refractivity contribution in [1.82, 2.24) is 15.6 Å². The predicted molar refractivity (Wildman–Crippen MR) is 184 cm³/mol. The van der Waals surface area contributed by atoms with E-state index < -0.39 is 12.1 Å². The lowest BCUT2D eigenvalue weighted by molar-refractivity contribution is -0.122. The van der Waals surface area contributed by atoms with E-state index in [1.807, 2.05) is 30.3 Å². The number of methoxy groups -OCH3 is 4. The second-order valence-electron chi connectivity index (χ2n) is 12.3. The Balaban J connectivity index is 1.33. The molecule has 0 bridgehead atoms. The van der Waals surface area contributed by atoms with E-state index in [9.17, 15) is 14.4 Å². The highest BCUT2D eigenvalue weighted by Crippen LogP contribution is 2.50. The number of amides is 2. The van der Waals surface area contributed by atoms with Crippen LogP contribution in [0.3, 0.4) is 0 Å². The monoisotopic (exact) mass is 654 g/mol. The van der Waals surface area contributed by atoms with Crippen LogP contribution in [0.15, 0.2) is 47.3 Å². The SMILES string of the molecule is COc1ccc2[nH]c3c(c2c1)CCCC3NC(=O)C(C)Nc1ccc2c(cc1=O)C(NC(C)=O)CCc1cc(OC)c(OC)c(OC)c1-2. The van der Waals surface area contributed by atoms with Gasteiger partial charge in [0.2, 0.25) is 23.0 Å². The van der Waals surface area contributed by atoms with Crippen LogP contribution in [-0.4, -0.2) is 51.3 Å². The second kappa shape index (κ2) is 13.5. The number of nitrogens with one attached hydrogen (secondary N) is 4. The average molecular weight is 655 g/mol. The van der Waals surface area contributed by atoms with Crippen LogP contribution < -0.4 is 40.3 Å². The molecule has 2 amide bonds. The van der Waals surface area contributed by atoms with E-state index in [-0.39, 0.29) is 29.0 Å². The molecule has 11 heteroatoms. The molecule has 4 aromatic rings. The average Bonchev–Trinajstić information content (AvgIpc) is 3.31. The van der Waals surface area contributed by atoms with E-state index in [1.165, 1.54) is 12.5 Å². The summed E-state index contributed by atoms with van der Waals surface area (Å²) in [5.41, 5.74) is 6.21. The molecule has 4 N–H and O–H groups in total. The highest BCUT2D eigenvalue weighted by Gasteiger charge is 2.31. The summed E-state index contributed by atoms with van der Waals surface area (Å²) in [6.07, 6.45) is 3.80. The van der Waals surface area contributed by atoms with Gasteiger partial charge in [-0.2, -0.15) is 0 Å². The Morgan fingerprint density at radius 3 is 2.38 bits per heavy atom. The van der Waals surface area contributed by atoms with Gasteiger partial charge in [-0.15, -0.1) is 0 Å². The zero-order chi connectivity index (χ0) is 34.1. The minimum atomic E-state index is -0.716. The molecule has 2 aliphatic carbocycles. The first kappa shape index (κ1) is 32.7. The molecule has 3 aromatic carbocycles. The molecule has 252 valence electrons. The van der Waals surface area contributed by atoms with E-state index in [0.717, 1.165) is 52.7 Å². The number of rotatable bonds is 9. The molecular formula is C37H42N4O7. The van der Waals surface area contributed by atoms with Gasteiger partial charge in [-0.1, -0.05) is 6.07 Å². The summed E-state index contributed by atoms with van der Waals surface area (Å²) in [6, 6.07) is 11.6. The van der Waals surface area contributed by atoms with Gasteiger partial charge in [0.1, 0.15) is 11.8 Å². The molecule has 2 aliphatic rings. The van der Waals surface area contributed by atoms with Crippen molar-refractivity contribution in [2.24, 2.45) is 0 Å². The van der Waals surface area contributed by atoms with Crippen molar-refractivity contribution in [2.75, 3.05) is 33.8 Å². The summed E-state index contributed by atoms with van der Waals surface area (Å²) in [5, 5.41) is 10.5. The van der Waals surface area contributed by atoms with Crippen molar-refractivity contribution >= 4 is 28.4 Å². The highest BCUT2D eigenvalue weighted by molar-refractivity contribution is 5.88. The number of benzene rings is 2. The maximum atomic E-state index is 13.8. The maximum Gasteiger partial charge on any atom is 0.242 e. The van der Waals surface area contributed by atoms with Crippen LogP contribution in [0.4, 0.5) is 5.69 Å². The third kappa shape index (κ3) is 6.00. The van der Waals surface area contributed by atoms with Crippen LogP contribution in [-0.2, 0) is 22.4 Å². The number of hydrogen-bond donors (Lipinski definition) is 4. The number of fused-ring (bicyclic) bond motifs is 6. The van der Waals surface area contributed by atoms with Gasteiger partial charge in [-0.3, -0.25) is 14.4 Å². The highest BCUT2D eigenvalue weighted by atomic mass is 16.5. The Bertz CT molecular complexity index is 1950. The van der Waals surface area contributed by atoms with Gasteiger partial charge in [-0.25, -0.2) is 0 Å². The molecule has 0 radical (unpaired) electrons. The molecule has 0 fully saturated rings. The molecule has 0 saturated carbocycles. The Hall–Kier alpha value is -5.19. The minimum absolute atomic E-state index is 0.187. The molecule has 3 atom stereocenters. The molecule has 11 nitrogen and oxygen atoms in total. The van der Waals surface area contributed by atoms with Gasteiger partial charge < -0.3 is 39.9 Å². The van der Waals surface area contributed by atoms with Gasteiger partial charge in [0.15, 0.2) is 11.5 Å². The molecule has 1 aromatic heterocycles. The fraction of sp³-hybridized carbons (Fsp3) is 0.378. The standard InChI is InChI=1S/C37H42N4O7/c1-19(37(44)41-30-9-7-8-24-25-17-22(45-3)11-14-28(25)40-34(24)30)38-29-15-12-23-26(18-31(29)43)27(39-20(2)42)13-10-21-16-32(46-4)35(47-5)36(48-6)33(21)23/h11-12,14-19,27,30,40H,7-10,13H2,1-6H3,(H,38,43)(H,39,42)(H,41,44). The molecule has 0 saturated heterocycles. The second-order valence-corrected chi connectivity index (χ2v) is 12.3. The Morgan fingerprint density at radius 2 is 1.67 bits per heavy atom. The van der Waals surface area contributed by atoms with Gasteiger partial charge in [0.25, 0.3) is 0 Å². The lowest BCUT2D eigenvalue weighted by atomic mass is 9.91. The van der Waals surface area contributed by atoms with E-state index in [0.29, 0.717) is 41.2 Å². The number of carbonyl (C=O) groups excluding carboxylic acids is 2. The lowest BCUT2D eigenvalue weighted by Crippen LogP contribution is -2.41. The van der Waals surface area contributed by atoms with E-state index in [4.69, 9.17) is 18.9 Å². The van der Waals surface area contributed by atoms with Crippen molar-refractivity contribution in [2.45, 2.75) is 64.1 Å². The van der Waals surface area contributed by atoms with Crippen LogP contribution in [0, 0.1) is 0 Å². The zero-order valence-corrected chi connectivity index (χ0v) is 28.2. The zero-order valence-electron chi connectivity index (χ0n) is 28.2. The third-order valence-corrected chi connectivity index (χ3v) is 9.41. The topological polar surface area (TPSA) is 140 Å². The number of aromatic nitrogens is 1. The normalized spacial score (nSPS) is 17.1. The summed E-state index contributed by atoms with van der Waals surface area (Å²) in [4.78, 5) is 43.2. The summed E-state index contributed by atoms with van der Waals surface area (Å²) >= 11 is 0. The number of ether oxygens (including phenoxy) is 4. The number of carbonyl (C=O) groups is 2. The molecule has 1 heterocycles. The lowest BCUT2D eigenvalue weighted by Gasteiger charge is -2.25. The summed E-state index contributed by atoms with van der Waals surface area (Å²) in [6.45, 7) is 3.20. The summed E-state index contributed by atoms with van der Waals surface area (Å²) in [5.74, 6) is 1.79. The smallest absolute Gasteiger partial charge is 0.242 e. The molecule has 6 rings (SSSR count). The number of H-pyrrole nitrogens is 1. The van der Waals surface area contributed by atoms with Crippen LogP contribution in [0.1, 0.15) is 67.6 Å². The molecule has 3 unspecified atom stereocenters. The van der Waals surface area contributed by atoms with Crippen molar-refractivity contribution in [3.05, 3.63) is 75.1 Å². The van der Waals surface area contributed by atoms with Crippen molar-refractivity contribution < 1.29 is 28.5 Å². The van der Waals surface area contributed by atoms with Crippen LogP contribution in [0.2, 0.25) is 0 Å². The molecule has 0 spiro atoms. The van der Waals surface area contributed by atoms with E-state index >= 15 is 0 Å². The van der Waals surface area contributed by atoms with E-state index in [1.54, 1.807) is 47.5 Å². The first-order valence-electron chi connectivity index (χ1n) is 16.2. The number of hydrogen-bond acceptors (Lipinski definition) is 8. The van der Waals surface area contributed by atoms with Crippen molar-refractivity contribution in [3.63, 3.8) is 0 Å². The van der Waals surface area contributed by atoms with Crippen molar-refractivity contribution in [3.8, 4) is 34.1 Å². The van der Waals surface area contributed by atoms with Crippen LogP contribution >= 0.6 is 0 Å². The van der Waals surface area contributed by atoms with Crippen LogP contribution in [0.5, 0.6) is 23.0 Å². The van der Waals surface area contributed by atoms with Gasteiger partial charge in [-0.05, 0) is 97.7 Å². The fourth-order valence-electron chi connectivity index (χ4n) is 7.14. The largest absolute Gasteiger partial charge is 0.497 e. The minimum Gasteiger partial charge on any atom is -0.497 e. The summed E-state index contributed by atoms with van der Waals surface area (Å²) in [7, 11) is 6.33. The Labute approximate surface area is 279 Å². The molecule has 0 aliphatic heterocycles. The van der Waals surface area contributed by atoms with Crippen molar-refractivity contribution in [1.29, 1.82) is 0 Å². The maximum absolute atomic E-state index is 13.8. The number of aryl methyl sites for hydroxylation is 2. The molecular weight excluding hydrogens is 612 g/mol. The summed E-state index contributed by atoms with van der Waals surface area (Å²) < 4.78 is 22.6. The Morgan fingerprint density at radius 1 is 0.875 bits per heavy atom. The van der Waals surface area contributed by atoms with Gasteiger partial charge in [0.05, 0.1) is 46.2 Å². The van der Waals surface area contributed by atoms with E-state index in [2.05, 4.69) is 20.9 Å². The van der Waals surface area contributed by atoms with Gasteiger partial charge in [0, 0.05) is 29.1 Å². The fourth-order valence-corrected chi connectivity index (χ4v) is 7.14. The third-order valence-electron chi connectivity index (χ3n) is 9.41. The predicted octanol–water partition coefficient (Wildman–Crippen LogP) is 5.35. The first-order chi connectivity index (χ1) is 23.2. The quantitative estimate of drug-likeness (QED) is 0.190. The Kier molecular flexibility index (Phi) is 9.21. The van der Waals surface area contributed by atoms with Gasteiger partial charge >= 0.3 is 0 Å². The molecule has 48 heavy (non-hydrogen) atoms. The first-order valence-corrected chi connectivity index (χ1v) is 16.2. The number of aromatic amines is 1.